The van der Waals surface area contributed by atoms with E-state index < -0.39 is 11.2 Å². The van der Waals surface area contributed by atoms with Gasteiger partial charge >= 0.3 is 0 Å². The van der Waals surface area contributed by atoms with Crippen LogP contribution in [0.5, 0.6) is 0 Å². The molecule has 1 atom stereocenters. The maximum atomic E-state index is 13.3. The van der Waals surface area contributed by atoms with Gasteiger partial charge in [0.25, 0.3) is 5.56 Å². The highest BCUT2D eigenvalue weighted by Gasteiger charge is 2.34. The van der Waals surface area contributed by atoms with Gasteiger partial charge in [-0.2, -0.15) is 5.10 Å². The van der Waals surface area contributed by atoms with Crippen molar-refractivity contribution in [3.05, 3.63) is 88.4 Å². The minimum Gasteiger partial charge on any atom is -0.389 e. The molecule has 0 bridgehead atoms. The van der Waals surface area contributed by atoms with Crippen LogP contribution in [0, 0.1) is 5.82 Å². The highest BCUT2D eigenvalue weighted by Crippen LogP contribution is 2.26. The fourth-order valence-electron chi connectivity index (χ4n) is 5.95. The molecule has 40 heavy (non-hydrogen) atoms. The Labute approximate surface area is 232 Å². The van der Waals surface area contributed by atoms with Gasteiger partial charge in [0.15, 0.2) is 5.65 Å². The van der Waals surface area contributed by atoms with Crippen molar-refractivity contribution < 1.29 is 14.6 Å². The number of likely N-dealkylation sites (tertiary alicyclic amines) is 2. The Morgan fingerprint density at radius 3 is 2.30 bits per heavy atom. The van der Waals surface area contributed by atoms with Crippen LogP contribution in [0.1, 0.15) is 37.3 Å². The lowest BCUT2D eigenvalue weighted by Crippen LogP contribution is -2.47. The van der Waals surface area contributed by atoms with Gasteiger partial charge < -0.3 is 10.2 Å². The Bertz CT molecular complexity index is 1560. The smallest absolute Gasteiger partial charge is 0.264 e. The number of β-amino-alcohol motifs (C(OH)–C–C–N with tert-alkyl or cyclic N) is 1. The van der Waals surface area contributed by atoms with E-state index in [9.17, 15) is 19.4 Å². The molecule has 6 rings (SSSR count). The molecule has 0 saturated carbocycles. The van der Waals surface area contributed by atoms with Gasteiger partial charge in [0.05, 0.1) is 29.6 Å². The van der Waals surface area contributed by atoms with E-state index in [-0.39, 0.29) is 17.9 Å². The van der Waals surface area contributed by atoms with Gasteiger partial charge in [-0.1, -0.05) is 24.3 Å². The maximum Gasteiger partial charge on any atom is 0.264 e. The molecule has 2 N–H and O–H groups in total. The molecule has 2 aromatic heterocycles. The second kappa shape index (κ2) is 10.5. The van der Waals surface area contributed by atoms with Crippen molar-refractivity contribution in [3.63, 3.8) is 0 Å². The minimum atomic E-state index is -1.00. The molecule has 2 aliphatic rings. The summed E-state index contributed by atoms with van der Waals surface area (Å²) in [4.78, 5) is 22.3. The zero-order valence-corrected chi connectivity index (χ0v) is 22.7. The molecule has 2 fully saturated rings. The maximum absolute atomic E-state index is 13.3. The van der Waals surface area contributed by atoms with Crippen LogP contribution in [-0.2, 0) is 19.6 Å². The number of aromatic nitrogens is 4. The first kappa shape index (κ1) is 26.8. The van der Waals surface area contributed by atoms with Crippen molar-refractivity contribution in [2.75, 3.05) is 26.2 Å². The Morgan fingerprint density at radius 2 is 1.62 bits per heavy atom. The number of hydrogen-bond acceptors (Lipinski definition) is 7. The summed E-state index contributed by atoms with van der Waals surface area (Å²) in [6.45, 7) is 6.76. The summed E-state index contributed by atoms with van der Waals surface area (Å²) >= 11 is 0. The molecule has 0 radical (unpaired) electrons. The Kier molecular flexibility index (Phi) is 7.03. The van der Waals surface area contributed by atoms with Gasteiger partial charge in [0.1, 0.15) is 17.5 Å². The van der Waals surface area contributed by atoms with Crippen molar-refractivity contribution in [2.45, 2.75) is 57.0 Å². The predicted octanol–water partition coefficient (Wildman–Crippen LogP) is 2.71. The molecule has 4 aromatic rings. The third-order valence-corrected chi connectivity index (χ3v) is 8.21. The number of fused-ring (bicyclic) bond motifs is 1. The lowest BCUT2D eigenvalue weighted by Gasteiger charge is -2.38. The van der Waals surface area contributed by atoms with E-state index in [4.69, 9.17) is 0 Å². The number of aliphatic hydroxyl groups is 2. The first-order valence-electron chi connectivity index (χ1n) is 13.8. The molecular weight excluding hydrogens is 511 g/mol. The lowest BCUT2D eigenvalue weighted by molar-refractivity contribution is -0.0365. The van der Waals surface area contributed by atoms with Crippen LogP contribution in [0.4, 0.5) is 4.39 Å². The van der Waals surface area contributed by atoms with Crippen molar-refractivity contribution >= 4 is 11.0 Å². The van der Waals surface area contributed by atoms with Crippen LogP contribution in [-0.4, -0.2) is 76.7 Å². The molecule has 9 nitrogen and oxygen atoms in total. The van der Waals surface area contributed by atoms with Crippen LogP contribution in [0.3, 0.4) is 0 Å². The lowest BCUT2D eigenvalue weighted by atomic mass is 9.91. The molecule has 4 heterocycles. The molecule has 210 valence electrons. The summed E-state index contributed by atoms with van der Waals surface area (Å²) in [6.07, 6.45) is 4.84. The standard InChI is InChI=1S/C30H35FN6O3/c1-29(39)9-12-35(19-29)18-23-4-2-3-22(15-23)17-34-13-10-30(40,11-14-34)20-36-21-32-27-26(28(36)38)16-33-37(27)25-7-5-24(31)6-8-25/h2-8,15-16,21,39-40H,9-14,17-20H2,1H3. The van der Waals surface area contributed by atoms with Gasteiger partial charge in [-0.05, 0) is 61.6 Å². The number of hydrogen-bond donors (Lipinski definition) is 2. The van der Waals surface area contributed by atoms with E-state index in [2.05, 4.69) is 44.1 Å². The fraction of sp³-hybridized carbons (Fsp3) is 0.433. The minimum absolute atomic E-state index is 0.166. The number of piperidine rings is 1. The zero-order chi connectivity index (χ0) is 27.9. The van der Waals surface area contributed by atoms with Crippen LogP contribution < -0.4 is 5.56 Å². The number of benzene rings is 2. The van der Waals surface area contributed by atoms with E-state index in [0.29, 0.717) is 36.1 Å². The molecular formula is C30H35FN6O3. The molecule has 0 spiro atoms. The number of halogens is 1. The molecule has 1 unspecified atom stereocenters. The van der Waals surface area contributed by atoms with Crippen molar-refractivity contribution in [1.82, 2.24) is 29.1 Å². The average Bonchev–Trinajstić information content (AvgIpc) is 3.51. The topological polar surface area (TPSA) is 99.6 Å². The molecule has 2 saturated heterocycles. The molecule has 2 aliphatic heterocycles. The average molecular weight is 547 g/mol. The van der Waals surface area contributed by atoms with E-state index in [1.165, 1.54) is 45.0 Å². The van der Waals surface area contributed by atoms with Crippen molar-refractivity contribution in [2.24, 2.45) is 0 Å². The molecule has 2 aromatic carbocycles. The SMILES string of the molecule is CC1(O)CCN(Cc2cccc(CN3CCC(O)(Cn4cnc5c(cnn5-c5ccc(F)cc5)c4=O)CC3)c2)C1. The molecule has 10 heteroatoms. The van der Waals surface area contributed by atoms with Crippen LogP contribution >= 0.6 is 0 Å². The number of nitrogens with zero attached hydrogens (tertiary/aromatic N) is 6. The summed E-state index contributed by atoms with van der Waals surface area (Å²) in [7, 11) is 0. The largest absolute Gasteiger partial charge is 0.389 e. The summed E-state index contributed by atoms with van der Waals surface area (Å²) in [5.74, 6) is -0.350. The molecule has 0 amide bonds. The number of rotatable bonds is 7. The van der Waals surface area contributed by atoms with Crippen LogP contribution in [0.15, 0.2) is 65.8 Å². The van der Waals surface area contributed by atoms with Gasteiger partial charge in [-0.15, -0.1) is 0 Å². The quantitative estimate of drug-likeness (QED) is 0.368. The Balaban J connectivity index is 1.08. The Morgan fingerprint density at radius 1 is 0.950 bits per heavy atom. The Hall–Kier alpha value is -3.44. The van der Waals surface area contributed by atoms with E-state index in [1.807, 2.05) is 6.92 Å². The summed E-state index contributed by atoms with van der Waals surface area (Å²) in [5, 5.41) is 26.3. The fourth-order valence-corrected chi connectivity index (χ4v) is 5.95. The van der Waals surface area contributed by atoms with Crippen molar-refractivity contribution in [3.8, 4) is 5.69 Å². The van der Waals surface area contributed by atoms with E-state index >= 15 is 0 Å². The van der Waals surface area contributed by atoms with Crippen LogP contribution in [0.2, 0.25) is 0 Å². The third kappa shape index (κ3) is 5.71. The van der Waals surface area contributed by atoms with E-state index in [1.54, 1.807) is 12.1 Å². The van der Waals surface area contributed by atoms with Gasteiger partial charge in [0.2, 0.25) is 0 Å². The summed E-state index contributed by atoms with van der Waals surface area (Å²) in [6, 6.07) is 14.4. The third-order valence-electron chi connectivity index (χ3n) is 8.21. The second-order valence-corrected chi connectivity index (χ2v) is 11.7. The van der Waals surface area contributed by atoms with Crippen LogP contribution in [0.25, 0.3) is 16.7 Å². The first-order valence-corrected chi connectivity index (χ1v) is 13.8. The first-order chi connectivity index (χ1) is 19.2. The van der Waals surface area contributed by atoms with E-state index in [0.717, 1.165) is 39.1 Å². The zero-order valence-electron chi connectivity index (χ0n) is 22.7. The van der Waals surface area contributed by atoms with Gasteiger partial charge in [-0.3, -0.25) is 19.2 Å². The monoisotopic (exact) mass is 546 g/mol. The van der Waals surface area contributed by atoms with Crippen molar-refractivity contribution in [1.29, 1.82) is 0 Å². The molecule has 0 aliphatic carbocycles. The highest BCUT2D eigenvalue weighted by atomic mass is 19.1. The van der Waals surface area contributed by atoms with Gasteiger partial charge in [-0.25, -0.2) is 14.1 Å². The summed E-state index contributed by atoms with van der Waals surface area (Å²) < 4.78 is 16.3. The summed E-state index contributed by atoms with van der Waals surface area (Å²) in [5.41, 5.74) is 1.63. The highest BCUT2D eigenvalue weighted by molar-refractivity contribution is 5.74. The predicted molar refractivity (Wildman–Crippen MR) is 150 cm³/mol. The normalized spacial score (nSPS) is 21.8. The van der Waals surface area contributed by atoms with Gasteiger partial charge in [0, 0.05) is 39.3 Å². The second-order valence-electron chi connectivity index (χ2n) is 11.7.